The number of anilines is 2. The van der Waals surface area contributed by atoms with E-state index >= 15 is 0 Å². The van der Waals surface area contributed by atoms with Crippen LogP contribution in [-0.2, 0) is 10.0 Å². The van der Waals surface area contributed by atoms with Gasteiger partial charge in [-0.05, 0) is 61.0 Å². The molecule has 0 fully saturated rings. The molecule has 1 amide bonds. The Morgan fingerprint density at radius 3 is 2.47 bits per heavy atom. The predicted molar refractivity (Wildman–Crippen MR) is 119 cm³/mol. The Morgan fingerprint density at radius 2 is 1.77 bits per heavy atom. The van der Waals surface area contributed by atoms with E-state index in [9.17, 15) is 13.2 Å². The lowest BCUT2D eigenvalue weighted by molar-refractivity contribution is 0.102. The summed E-state index contributed by atoms with van der Waals surface area (Å²) < 4.78 is 32.6. The third kappa shape index (κ3) is 4.58. The molecule has 30 heavy (non-hydrogen) atoms. The number of benzene rings is 3. The summed E-state index contributed by atoms with van der Waals surface area (Å²) in [5, 5.41) is 3.14. The summed E-state index contributed by atoms with van der Waals surface area (Å²) >= 11 is 6.00. The predicted octanol–water partition coefficient (Wildman–Crippen LogP) is 4.73. The molecule has 8 heteroatoms. The number of hydrogen-bond acceptors (Lipinski definition) is 4. The highest BCUT2D eigenvalue weighted by Crippen LogP contribution is 2.29. The van der Waals surface area contributed by atoms with Gasteiger partial charge in [0, 0.05) is 17.6 Å². The Labute approximate surface area is 181 Å². The minimum Gasteiger partial charge on any atom is -0.495 e. The molecule has 0 heterocycles. The van der Waals surface area contributed by atoms with Gasteiger partial charge in [-0.25, -0.2) is 8.42 Å². The van der Waals surface area contributed by atoms with E-state index in [4.69, 9.17) is 16.3 Å². The van der Waals surface area contributed by atoms with Crippen molar-refractivity contribution in [1.29, 1.82) is 0 Å². The SMILES string of the molecule is COc1ccc(Cl)cc1NC(=O)c1cccc(S(=O)(=O)N(C)c2cccc(C)c2)c1. The van der Waals surface area contributed by atoms with E-state index in [0.717, 1.165) is 5.56 Å². The fourth-order valence-corrected chi connectivity index (χ4v) is 4.30. The molecule has 3 rings (SSSR count). The van der Waals surface area contributed by atoms with Crippen molar-refractivity contribution in [1.82, 2.24) is 0 Å². The van der Waals surface area contributed by atoms with Gasteiger partial charge in [0.25, 0.3) is 15.9 Å². The number of carbonyl (C=O) groups is 1. The summed E-state index contributed by atoms with van der Waals surface area (Å²) in [6, 6.07) is 17.9. The Kier molecular flexibility index (Phi) is 6.34. The first kappa shape index (κ1) is 21.7. The van der Waals surface area contributed by atoms with Gasteiger partial charge in [0.2, 0.25) is 0 Å². The van der Waals surface area contributed by atoms with E-state index in [1.807, 2.05) is 13.0 Å². The van der Waals surface area contributed by atoms with Crippen LogP contribution >= 0.6 is 11.6 Å². The Bertz CT molecular complexity index is 1200. The summed E-state index contributed by atoms with van der Waals surface area (Å²) in [5.41, 5.74) is 2.06. The van der Waals surface area contributed by atoms with Gasteiger partial charge in [-0.2, -0.15) is 0 Å². The standard InChI is InChI=1S/C22H21ClN2O4S/c1-15-6-4-8-18(12-15)25(2)30(27,28)19-9-5-7-16(13-19)22(26)24-20-14-17(23)10-11-21(20)29-3/h4-14H,1-3H3,(H,24,26). The van der Waals surface area contributed by atoms with Crippen LogP contribution in [-0.4, -0.2) is 28.5 Å². The number of carbonyl (C=O) groups excluding carboxylic acids is 1. The highest BCUT2D eigenvalue weighted by Gasteiger charge is 2.23. The second-order valence-electron chi connectivity index (χ2n) is 6.64. The molecule has 0 aromatic heterocycles. The van der Waals surface area contributed by atoms with Crippen molar-refractivity contribution in [2.75, 3.05) is 23.8 Å². The van der Waals surface area contributed by atoms with Gasteiger partial charge in [0.1, 0.15) is 5.75 Å². The Morgan fingerprint density at radius 1 is 1.03 bits per heavy atom. The lowest BCUT2D eigenvalue weighted by atomic mass is 10.2. The monoisotopic (exact) mass is 444 g/mol. The van der Waals surface area contributed by atoms with Crippen LogP contribution in [0.2, 0.25) is 5.02 Å². The number of rotatable bonds is 6. The maximum Gasteiger partial charge on any atom is 0.264 e. The minimum atomic E-state index is -3.85. The number of nitrogens with one attached hydrogen (secondary N) is 1. The van der Waals surface area contributed by atoms with E-state index in [1.54, 1.807) is 36.4 Å². The molecule has 0 radical (unpaired) electrons. The van der Waals surface area contributed by atoms with Gasteiger partial charge < -0.3 is 10.1 Å². The van der Waals surface area contributed by atoms with Gasteiger partial charge in [-0.3, -0.25) is 9.10 Å². The van der Waals surface area contributed by atoms with Crippen molar-refractivity contribution >= 4 is 38.9 Å². The quantitative estimate of drug-likeness (QED) is 0.596. The number of sulfonamides is 1. The molecule has 6 nitrogen and oxygen atoms in total. The molecular formula is C22H21ClN2O4S. The maximum absolute atomic E-state index is 13.1. The maximum atomic E-state index is 13.1. The second kappa shape index (κ2) is 8.77. The third-order valence-corrected chi connectivity index (χ3v) is 6.55. The van der Waals surface area contributed by atoms with E-state index in [1.165, 1.54) is 42.7 Å². The highest BCUT2D eigenvalue weighted by molar-refractivity contribution is 7.92. The van der Waals surface area contributed by atoms with Crippen LogP contribution in [0.15, 0.2) is 71.6 Å². The first-order valence-corrected chi connectivity index (χ1v) is 10.8. The lowest BCUT2D eigenvalue weighted by Crippen LogP contribution is -2.27. The number of halogens is 1. The van der Waals surface area contributed by atoms with E-state index in [-0.39, 0.29) is 10.5 Å². The topological polar surface area (TPSA) is 75.7 Å². The van der Waals surface area contributed by atoms with Gasteiger partial charge in [0.05, 0.1) is 23.4 Å². The molecular weight excluding hydrogens is 424 g/mol. The van der Waals surface area contributed by atoms with Crippen LogP contribution < -0.4 is 14.4 Å². The molecule has 0 unspecified atom stereocenters. The van der Waals surface area contributed by atoms with Crippen molar-refractivity contribution < 1.29 is 17.9 Å². The van der Waals surface area contributed by atoms with Crippen LogP contribution in [0.25, 0.3) is 0 Å². The van der Waals surface area contributed by atoms with Crippen LogP contribution in [0.5, 0.6) is 5.75 Å². The zero-order chi connectivity index (χ0) is 21.9. The van der Waals surface area contributed by atoms with Gasteiger partial charge >= 0.3 is 0 Å². The van der Waals surface area contributed by atoms with E-state index in [0.29, 0.717) is 22.1 Å². The highest BCUT2D eigenvalue weighted by atomic mass is 35.5. The minimum absolute atomic E-state index is 0.0113. The number of amides is 1. The molecule has 0 aliphatic heterocycles. The van der Waals surface area contributed by atoms with Crippen LogP contribution in [0, 0.1) is 6.92 Å². The Hall–Kier alpha value is -3.03. The number of aryl methyl sites for hydroxylation is 1. The molecule has 0 spiro atoms. The zero-order valence-corrected chi connectivity index (χ0v) is 18.3. The molecule has 0 saturated heterocycles. The smallest absolute Gasteiger partial charge is 0.264 e. The van der Waals surface area contributed by atoms with E-state index < -0.39 is 15.9 Å². The van der Waals surface area contributed by atoms with Crippen molar-refractivity contribution in [2.45, 2.75) is 11.8 Å². The summed E-state index contributed by atoms with van der Waals surface area (Å²) in [6.45, 7) is 1.89. The normalized spacial score (nSPS) is 11.1. The van der Waals surface area contributed by atoms with Gasteiger partial charge in [-0.1, -0.05) is 29.8 Å². The van der Waals surface area contributed by atoms with Crippen LogP contribution in [0.4, 0.5) is 11.4 Å². The van der Waals surface area contributed by atoms with Gasteiger partial charge in [-0.15, -0.1) is 0 Å². The molecule has 156 valence electrons. The zero-order valence-electron chi connectivity index (χ0n) is 16.7. The second-order valence-corrected chi connectivity index (χ2v) is 9.04. The first-order valence-electron chi connectivity index (χ1n) is 9.03. The molecule has 0 atom stereocenters. The number of ether oxygens (including phenoxy) is 1. The molecule has 0 aliphatic rings. The van der Waals surface area contributed by atoms with Crippen molar-refractivity contribution in [3.8, 4) is 5.75 Å². The Balaban J connectivity index is 1.90. The van der Waals surface area contributed by atoms with Gasteiger partial charge in [0.15, 0.2) is 0 Å². The largest absolute Gasteiger partial charge is 0.495 e. The fourth-order valence-electron chi connectivity index (χ4n) is 2.89. The molecule has 0 bridgehead atoms. The average Bonchev–Trinajstić information content (AvgIpc) is 2.73. The van der Waals surface area contributed by atoms with E-state index in [2.05, 4.69) is 5.32 Å². The summed E-state index contributed by atoms with van der Waals surface area (Å²) in [7, 11) is -0.890. The molecule has 3 aromatic rings. The van der Waals surface area contributed by atoms with Crippen molar-refractivity contribution in [2.24, 2.45) is 0 Å². The summed E-state index contributed by atoms with van der Waals surface area (Å²) in [6.07, 6.45) is 0. The van der Waals surface area contributed by atoms with Crippen LogP contribution in [0.1, 0.15) is 15.9 Å². The van der Waals surface area contributed by atoms with Crippen molar-refractivity contribution in [3.05, 3.63) is 82.9 Å². The van der Waals surface area contributed by atoms with Crippen molar-refractivity contribution in [3.63, 3.8) is 0 Å². The number of hydrogen-bond donors (Lipinski definition) is 1. The third-order valence-electron chi connectivity index (χ3n) is 4.53. The molecule has 0 aliphatic carbocycles. The molecule has 0 saturated carbocycles. The average molecular weight is 445 g/mol. The fraction of sp³-hybridized carbons (Fsp3) is 0.136. The number of methoxy groups -OCH3 is 1. The number of nitrogens with zero attached hydrogens (tertiary/aromatic N) is 1. The van der Waals surface area contributed by atoms with Crippen LogP contribution in [0.3, 0.4) is 0 Å². The summed E-state index contributed by atoms with van der Waals surface area (Å²) in [4.78, 5) is 12.8. The lowest BCUT2D eigenvalue weighted by Gasteiger charge is -2.20. The molecule has 3 aromatic carbocycles. The molecule has 1 N–H and O–H groups in total. The first-order chi connectivity index (χ1) is 14.2. The summed E-state index contributed by atoms with van der Waals surface area (Å²) in [5.74, 6) is -0.0402.